The second-order valence-corrected chi connectivity index (χ2v) is 4.14. The smallest absolute Gasteiger partial charge is 0.171 e. The molecule has 1 heterocycles. The van der Waals surface area contributed by atoms with Crippen molar-refractivity contribution >= 4 is 11.6 Å². The van der Waals surface area contributed by atoms with Gasteiger partial charge >= 0.3 is 0 Å². The Morgan fingerprint density at radius 1 is 1.47 bits per heavy atom. The quantitative estimate of drug-likeness (QED) is 0.745. The lowest BCUT2D eigenvalue weighted by Crippen LogP contribution is -2.37. The maximum absolute atomic E-state index is 9.19. The Morgan fingerprint density at radius 3 is 2.73 bits per heavy atom. The molecule has 1 fully saturated rings. The summed E-state index contributed by atoms with van der Waals surface area (Å²) in [5.41, 5.74) is 5.72. The summed E-state index contributed by atoms with van der Waals surface area (Å²) in [5, 5.41) is 9.19. The fourth-order valence-corrected chi connectivity index (χ4v) is 1.96. The molecule has 0 bridgehead atoms. The Balaban J connectivity index is 1.96. The minimum Gasteiger partial charge on any atom is -0.393 e. The summed E-state index contributed by atoms with van der Waals surface area (Å²) < 4.78 is 0. The molecular weight excluding hydrogens is 192 g/mol. The van der Waals surface area contributed by atoms with E-state index in [4.69, 9.17) is 5.73 Å². The van der Waals surface area contributed by atoms with Gasteiger partial charge < -0.3 is 15.7 Å². The van der Waals surface area contributed by atoms with Gasteiger partial charge in [0.2, 0.25) is 0 Å². The number of nitrogens with two attached hydrogens (primary N) is 1. The number of nitrogens with zero attached hydrogens (tertiary/aromatic N) is 3. The first-order valence-electron chi connectivity index (χ1n) is 5.12. The summed E-state index contributed by atoms with van der Waals surface area (Å²) in [7, 11) is 1.95. The molecule has 5 heteroatoms. The predicted octanol–water partition coefficient (Wildman–Crippen LogP) is 0.266. The van der Waals surface area contributed by atoms with E-state index in [0.29, 0.717) is 11.7 Å². The zero-order chi connectivity index (χ0) is 10.8. The van der Waals surface area contributed by atoms with E-state index in [0.717, 1.165) is 25.2 Å². The monoisotopic (exact) mass is 208 g/mol. The lowest BCUT2D eigenvalue weighted by Gasteiger charge is -2.34. The first kappa shape index (κ1) is 10.2. The van der Waals surface area contributed by atoms with Gasteiger partial charge in [-0.1, -0.05) is 0 Å². The summed E-state index contributed by atoms with van der Waals surface area (Å²) in [6.07, 6.45) is 4.87. The van der Waals surface area contributed by atoms with Crippen molar-refractivity contribution in [3.8, 4) is 0 Å². The molecule has 2 rings (SSSR count). The first-order chi connectivity index (χ1) is 7.16. The third-order valence-corrected chi connectivity index (χ3v) is 2.81. The number of aliphatic hydroxyl groups excluding tert-OH is 1. The highest BCUT2D eigenvalue weighted by molar-refractivity contribution is 5.56. The normalized spacial score (nSPS) is 24.7. The van der Waals surface area contributed by atoms with E-state index in [2.05, 4.69) is 9.97 Å². The molecule has 82 valence electrons. The van der Waals surface area contributed by atoms with Crippen molar-refractivity contribution in [2.45, 2.75) is 18.9 Å². The lowest BCUT2D eigenvalue weighted by molar-refractivity contribution is 0.0464. The first-order valence-corrected chi connectivity index (χ1v) is 5.12. The molecule has 5 nitrogen and oxygen atoms in total. The predicted molar refractivity (Wildman–Crippen MR) is 58.4 cm³/mol. The molecule has 3 N–H and O–H groups in total. The highest BCUT2D eigenvalue weighted by Crippen LogP contribution is 2.29. The Hall–Kier alpha value is -1.36. The summed E-state index contributed by atoms with van der Waals surface area (Å²) in [6, 6.07) is 0. The highest BCUT2D eigenvalue weighted by atomic mass is 16.3. The van der Waals surface area contributed by atoms with Gasteiger partial charge in [0.25, 0.3) is 0 Å². The molecule has 0 unspecified atom stereocenters. The van der Waals surface area contributed by atoms with Crippen LogP contribution in [-0.2, 0) is 0 Å². The highest BCUT2D eigenvalue weighted by Gasteiger charge is 2.28. The molecule has 1 aliphatic carbocycles. The van der Waals surface area contributed by atoms with Crippen LogP contribution in [0.2, 0.25) is 0 Å². The zero-order valence-corrected chi connectivity index (χ0v) is 8.80. The number of aliphatic hydroxyl groups is 1. The van der Waals surface area contributed by atoms with Crippen LogP contribution in [0, 0.1) is 5.92 Å². The van der Waals surface area contributed by atoms with Crippen LogP contribution in [0.25, 0.3) is 0 Å². The molecule has 0 saturated heterocycles. The minimum atomic E-state index is -0.109. The minimum absolute atomic E-state index is 0.109. The van der Waals surface area contributed by atoms with E-state index < -0.39 is 0 Å². The molecular formula is C10H16N4O. The van der Waals surface area contributed by atoms with Gasteiger partial charge in [-0.15, -0.1) is 0 Å². The van der Waals surface area contributed by atoms with Crippen molar-refractivity contribution in [3.05, 3.63) is 12.4 Å². The van der Waals surface area contributed by atoms with Crippen molar-refractivity contribution < 1.29 is 5.11 Å². The van der Waals surface area contributed by atoms with Crippen molar-refractivity contribution in [3.63, 3.8) is 0 Å². The van der Waals surface area contributed by atoms with Crippen LogP contribution in [0.1, 0.15) is 12.8 Å². The second-order valence-electron chi connectivity index (χ2n) is 4.14. The van der Waals surface area contributed by atoms with Crippen LogP contribution in [0.5, 0.6) is 0 Å². The molecule has 0 aliphatic heterocycles. The van der Waals surface area contributed by atoms with Gasteiger partial charge in [0.05, 0.1) is 6.10 Å². The SMILES string of the molecule is CN(CC1CC(O)C1)c1nccnc1N. The van der Waals surface area contributed by atoms with Gasteiger partial charge in [0, 0.05) is 26.0 Å². The van der Waals surface area contributed by atoms with E-state index in [1.54, 1.807) is 12.4 Å². The molecule has 1 aliphatic rings. The number of hydrogen-bond donors (Lipinski definition) is 2. The fourth-order valence-electron chi connectivity index (χ4n) is 1.96. The molecule has 0 amide bonds. The standard InChI is InChI=1S/C10H16N4O/c1-14(6-7-4-8(15)5-7)10-9(11)12-2-3-13-10/h2-3,7-8,15H,4-6H2,1H3,(H2,11,12). The van der Waals surface area contributed by atoms with Crippen LogP contribution in [-0.4, -0.2) is 34.8 Å². The summed E-state index contributed by atoms with van der Waals surface area (Å²) in [6.45, 7) is 0.875. The molecule has 0 atom stereocenters. The molecule has 0 radical (unpaired) electrons. The Morgan fingerprint density at radius 2 is 2.13 bits per heavy atom. The Labute approximate surface area is 88.9 Å². The molecule has 0 aromatic carbocycles. The second kappa shape index (κ2) is 4.02. The van der Waals surface area contributed by atoms with Crippen LogP contribution in [0.3, 0.4) is 0 Å². The van der Waals surface area contributed by atoms with Crippen LogP contribution >= 0.6 is 0 Å². The lowest BCUT2D eigenvalue weighted by atomic mass is 9.82. The molecule has 1 aromatic rings. The van der Waals surface area contributed by atoms with E-state index in [1.165, 1.54) is 0 Å². The van der Waals surface area contributed by atoms with Gasteiger partial charge in [0.15, 0.2) is 11.6 Å². The number of anilines is 2. The van der Waals surface area contributed by atoms with Crippen molar-refractivity contribution in [2.24, 2.45) is 5.92 Å². The maximum Gasteiger partial charge on any atom is 0.171 e. The summed E-state index contributed by atoms with van der Waals surface area (Å²) in [5.74, 6) is 1.73. The number of nitrogen functional groups attached to an aromatic ring is 1. The average molecular weight is 208 g/mol. The Kier molecular flexibility index (Phi) is 2.73. The zero-order valence-electron chi connectivity index (χ0n) is 8.80. The fraction of sp³-hybridized carbons (Fsp3) is 0.600. The molecule has 15 heavy (non-hydrogen) atoms. The average Bonchev–Trinajstić information content (AvgIpc) is 2.16. The number of rotatable bonds is 3. The van der Waals surface area contributed by atoms with Gasteiger partial charge in [-0.05, 0) is 18.8 Å². The van der Waals surface area contributed by atoms with E-state index in [9.17, 15) is 5.11 Å². The van der Waals surface area contributed by atoms with Crippen molar-refractivity contribution in [2.75, 3.05) is 24.2 Å². The van der Waals surface area contributed by atoms with Gasteiger partial charge in [-0.3, -0.25) is 0 Å². The van der Waals surface area contributed by atoms with Gasteiger partial charge in [-0.2, -0.15) is 0 Å². The van der Waals surface area contributed by atoms with Gasteiger partial charge in [-0.25, -0.2) is 9.97 Å². The summed E-state index contributed by atoms with van der Waals surface area (Å²) >= 11 is 0. The largest absolute Gasteiger partial charge is 0.393 e. The molecule has 1 saturated carbocycles. The third kappa shape index (κ3) is 2.18. The van der Waals surface area contributed by atoms with Crippen LogP contribution in [0.4, 0.5) is 11.6 Å². The topological polar surface area (TPSA) is 75.3 Å². The van der Waals surface area contributed by atoms with Crippen molar-refractivity contribution in [1.29, 1.82) is 0 Å². The van der Waals surface area contributed by atoms with E-state index in [1.807, 2.05) is 11.9 Å². The molecule has 0 spiro atoms. The van der Waals surface area contributed by atoms with Crippen LogP contribution in [0.15, 0.2) is 12.4 Å². The Bertz CT molecular complexity index is 338. The van der Waals surface area contributed by atoms with Crippen molar-refractivity contribution in [1.82, 2.24) is 9.97 Å². The van der Waals surface area contributed by atoms with E-state index >= 15 is 0 Å². The van der Waals surface area contributed by atoms with Gasteiger partial charge in [0.1, 0.15) is 0 Å². The summed E-state index contributed by atoms with van der Waals surface area (Å²) in [4.78, 5) is 10.2. The number of hydrogen-bond acceptors (Lipinski definition) is 5. The molecule has 1 aromatic heterocycles. The third-order valence-electron chi connectivity index (χ3n) is 2.81. The maximum atomic E-state index is 9.19. The number of aromatic nitrogens is 2. The van der Waals surface area contributed by atoms with E-state index in [-0.39, 0.29) is 6.10 Å². The van der Waals surface area contributed by atoms with Crippen LogP contribution < -0.4 is 10.6 Å².